The molecule has 2 heterocycles. The molecule has 3 rings (SSSR count). The van der Waals surface area contributed by atoms with E-state index in [9.17, 15) is 0 Å². The van der Waals surface area contributed by atoms with Crippen LogP contribution in [0.4, 0.5) is 0 Å². The Bertz CT molecular complexity index is 430. The lowest BCUT2D eigenvalue weighted by Crippen LogP contribution is -2.26. The van der Waals surface area contributed by atoms with Crippen molar-refractivity contribution < 1.29 is 9.47 Å². The maximum Gasteiger partial charge on any atom is 0.161 e. The molecule has 0 spiro atoms. The minimum absolute atomic E-state index is 0.653. The second kappa shape index (κ2) is 5.80. The van der Waals surface area contributed by atoms with Gasteiger partial charge < -0.3 is 19.7 Å². The summed E-state index contributed by atoms with van der Waals surface area (Å²) >= 11 is 0. The van der Waals surface area contributed by atoms with E-state index in [2.05, 4.69) is 29.4 Å². The molecule has 0 radical (unpaired) electrons. The average molecular weight is 262 g/mol. The van der Waals surface area contributed by atoms with Crippen molar-refractivity contribution in [3.05, 3.63) is 23.8 Å². The van der Waals surface area contributed by atoms with Crippen molar-refractivity contribution >= 4 is 0 Å². The highest BCUT2D eigenvalue weighted by atomic mass is 16.6. The van der Waals surface area contributed by atoms with E-state index in [-0.39, 0.29) is 0 Å². The lowest BCUT2D eigenvalue weighted by Gasteiger charge is -2.22. The molecule has 0 aromatic heterocycles. The molecule has 1 N–H and O–H groups in total. The Kier molecular flexibility index (Phi) is 3.89. The number of nitrogens with one attached hydrogen (secondary N) is 1. The molecule has 0 bridgehead atoms. The van der Waals surface area contributed by atoms with Gasteiger partial charge in [0.2, 0.25) is 0 Å². The highest BCUT2D eigenvalue weighted by Gasteiger charge is 2.17. The molecule has 1 aromatic carbocycles. The lowest BCUT2D eigenvalue weighted by molar-refractivity contribution is 0.171. The molecule has 0 amide bonds. The van der Waals surface area contributed by atoms with Crippen LogP contribution in [0.3, 0.4) is 0 Å². The van der Waals surface area contributed by atoms with Crippen LogP contribution in [-0.4, -0.2) is 44.8 Å². The molecule has 19 heavy (non-hydrogen) atoms. The van der Waals surface area contributed by atoms with E-state index >= 15 is 0 Å². The summed E-state index contributed by atoms with van der Waals surface area (Å²) in [6, 6.07) is 6.27. The smallest absolute Gasteiger partial charge is 0.161 e. The molecule has 1 unspecified atom stereocenters. The molecular weight excluding hydrogens is 240 g/mol. The van der Waals surface area contributed by atoms with E-state index in [1.807, 2.05) is 6.07 Å². The van der Waals surface area contributed by atoms with E-state index in [1.54, 1.807) is 0 Å². The summed E-state index contributed by atoms with van der Waals surface area (Å²) in [6.07, 6.45) is 1.30. The van der Waals surface area contributed by atoms with Gasteiger partial charge >= 0.3 is 0 Å². The predicted octanol–water partition coefficient (Wildman–Crippen LogP) is 1.50. The van der Waals surface area contributed by atoms with Gasteiger partial charge in [0, 0.05) is 13.1 Å². The van der Waals surface area contributed by atoms with Crippen molar-refractivity contribution in [2.75, 3.05) is 39.9 Å². The van der Waals surface area contributed by atoms with Crippen molar-refractivity contribution in [2.24, 2.45) is 5.92 Å². The van der Waals surface area contributed by atoms with Crippen LogP contribution in [0.25, 0.3) is 0 Å². The SMILES string of the molecule is CN(Cc1ccc2c(c1)OCCO2)CC1CCNC1. The Hall–Kier alpha value is -1.26. The van der Waals surface area contributed by atoms with Gasteiger partial charge in [0.25, 0.3) is 0 Å². The van der Waals surface area contributed by atoms with Crippen molar-refractivity contribution in [1.29, 1.82) is 0 Å². The van der Waals surface area contributed by atoms with E-state index in [4.69, 9.17) is 9.47 Å². The van der Waals surface area contributed by atoms with Gasteiger partial charge in [-0.1, -0.05) is 6.07 Å². The third-order valence-corrected chi connectivity index (χ3v) is 3.79. The van der Waals surface area contributed by atoms with Crippen LogP contribution < -0.4 is 14.8 Å². The number of hydrogen-bond acceptors (Lipinski definition) is 4. The van der Waals surface area contributed by atoms with Gasteiger partial charge in [0.15, 0.2) is 11.5 Å². The summed E-state index contributed by atoms with van der Waals surface area (Å²) in [6.45, 7) is 5.75. The average Bonchev–Trinajstić information content (AvgIpc) is 2.91. The quantitative estimate of drug-likeness (QED) is 0.891. The first kappa shape index (κ1) is 12.8. The Balaban J connectivity index is 1.59. The fourth-order valence-electron chi connectivity index (χ4n) is 2.87. The van der Waals surface area contributed by atoms with Crippen molar-refractivity contribution in [3.8, 4) is 11.5 Å². The van der Waals surface area contributed by atoms with Gasteiger partial charge in [-0.15, -0.1) is 0 Å². The van der Waals surface area contributed by atoms with Crippen LogP contribution in [0.15, 0.2) is 18.2 Å². The normalized spacial score (nSPS) is 21.9. The number of nitrogens with zero attached hydrogens (tertiary/aromatic N) is 1. The van der Waals surface area contributed by atoms with E-state index in [0.717, 1.165) is 37.1 Å². The largest absolute Gasteiger partial charge is 0.486 e. The lowest BCUT2D eigenvalue weighted by atomic mass is 10.1. The monoisotopic (exact) mass is 262 g/mol. The number of rotatable bonds is 4. The van der Waals surface area contributed by atoms with Crippen LogP contribution in [0.5, 0.6) is 11.5 Å². The molecule has 4 heteroatoms. The summed E-state index contributed by atoms with van der Waals surface area (Å²) < 4.78 is 11.2. The molecule has 1 atom stereocenters. The molecule has 1 fully saturated rings. The number of hydrogen-bond donors (Lipinski definition) is 1. The minimum atomic E-state index is 0.653. The third kappa shape index (κ3) is 3.19. The van der Waals surface area contributed by atoms with Gasteiger partial charge in [-0.05, 0) is 50.2 Å². The van der Waals surface area contributed by atoms with E-state index in [0.29, 0.717) is 13.2 Å². The molecule has 0 aliphatic carbocycles. The van der Waals surface area contributed by atoms with Crippen molar-refractivity contribution in [1.82, 2.24) is 10.2 Å². The van der Waals surface area contributed by atoms with Crippen molar-refractivity contribution in [2.45, 2.75) is 13.0 Å². The first-order chi connectivity index (χ1) is 9.31. The number of fused-ring (bicyclic) bond motifs is 1. The summed E-state index contributed by atoms with van der Waals surface area (Å²) in [7, 11) is 2.19. The molecule has 0 saturated carbocycles. The fraction of sp³-hybridized carbons (Fsp3) is 0.600. The molecule has 104 valence electrons. The maximum atomic E-state index is 5.63. The summed E-state index contributed by atoms with van der Waals surface area (Å²) in [5, 5.41) is 3.42. The van der Waals surface area contributed by atoms with Gasteiger partial charge in [0.05, 0.1) is 0 Å². The second-order valence-corrected chi connectivity index (χ2v) is 5.53. The summed E-state index contributed by atoms with van der Waals surface area (Å²) in [4.78, 5) is 2.39. The van der Waals surface area contributed by atoms with Crippen LogP contribution in [-0.2, 0) is 6.54 Å². The van der Waals surface area contributed by atoms with E-state index < -0.39 is 0 Å². The van der Waals surface area contributed by atoms with Gasteiger partial charge in [0.1, 0.15) is 13.2 Å². The zero-order valence-electron chi connectivity index (χ0n) is 11.5. The molecule has 1 saturated heterocycles. The van der Waals surface area contributed by atoms with Crippen LogP contribution >= 0.6 is 0 Å². The standard InChI is InChI=1S/C15H22N2O2/c1-17(11-13-4-5-16-9-13)10-12-2-3-14-15(8-12)19-7-6-18-14/h2-3,8,13,16H,4-7,9-11H2,1H3. The Labute approximate surface area is 114 Å². The highest BCUT2D eigenvalue weighted by molar-refractivity contribution is 5.43. The minimum Gasteiger partial charge on any atom is -0.486 e. The Morgan fingerprint density at radius 1 is 1.26 bits per heavy atom. The number of benzene rings is 1. The predicted molar refractivity (Wildman–Crippen MR) is 74.7 cm³/mol. The summed E-state index contributed by atoms with van der Waals surface area (Å²) in [5.74, 6) is 2.56. The number of ether oxygens (including phenoxy) is 2. The fourth-order valence-corrected chi connectivity index (χ4v) is 2.87. The van der Waals surface area contributed by atoms with E-state index in [1.165, 1.54) is 18.5 Å². The second-order valence-electron chi connectivity index (χ2n) is 5.53. The molecule has 4 nitrogen and oxygen atoms in total. The van der Waals surface area contributed by atoms with Crippen LogP contribution in [0, 0.1) is 5.92 Å². The van der Waals surface area contributed by atoms with Crippen molar-refractivity contribution in [3.63, 3.8) is 0 Å². The maximum absolute atomic E-state index is 5.63. The zero-order valence-corrected chi connectivity index (χ0v) is 11.5. The molecule has 2 aliphatic heterocycles. The van der Waals surface area contributed by atoms with Gasteiger partial charge in [-0.3, -0.25) is 0 Å². The highest BCUT2D eigenvalue weighted by Crippen LogP contribution is 2.31. The van der Waals surface area contributed by atoms with Crippen LogP contribution in [0.1, 0.15) is 12.0 Å². The van der Waals surface area contributed by atoms with Crippen LogP contribution in [0.2, 0.25) is 0 Å². The topological polar surface area (TPSA) is 33.7 Å². The first-order valence-electron chi connectivity index (χ1n) is 7.09. The van der Waals surface area contributed by atoms with Gasteiger partial charge in [-0.2, -0.15) is 0 Å². The Morgan fingerprint density at radius 2 is 2.11 bits per heavy atom. The third-order valence-electron chi connectivity index (χ3n) is 3.79. The summed E-state index contributed by atoms with van der Waals surface area (Å²) in [5.41, 5.74) is 1.29. The van der Waals surface area contributed by atoms with Gasteiger partial charge in [-0.25, -0.2) is 0 Å². The molecule has 2 aliphatic rings. The molecule has 1 aromatic rings. The zero-order chi connectivity index (χ0) is 13.1. The molecular formula is C15H22N2O2. The first-order valence-corrected chi connectivity index (χ1v) is 7.09. The Morgan fingerprint density at radius 3 is 2.89 bits per heavy atom.